The highest BCUT2D eigenvalue weighted by atomic mass is 15.4. The number of fused-ring (bicyclic) bond motifs is 1. The van der Waals surface area contributed by atoms with E-state index in [0.717, 1.165) is 12.1 Å². The summed E-state index contributed by atoms with van der Waals surface area (Å²) in [7, 11) is 2.30. The number of nitrogens with zero attached hydrogens (tertiary/aromatic N) is 3. The van der Waals surface area contributed by atoms with Crippen molar-refractivity contribution in [2.45, 2.75) is 142 Å². The van der Waals surface area contributed by atoms with Gasteiger partial charge >= 0.3 is 0 Å². The van der Waals surface area contributed by atoms with Gasteiger partial charge in [-0.25, -0.2) is 0 Å². The third-order valence-corrected chi connectivity index (χ3v) is 7.98. The number of piperazine rings is 1. The molecule has 2 rings (SSSR count). The normalized spacial score (nSPS) is 26.6. The molecular weight excluding hydrogens is 342 g/mol. The number of hydrogen-bond donors (Lipinski definition) is 0. The zero-order valence-electron chi connectivity index (χ0n) is 21.2. The van der Waals surface area contributed by atoms with E-state index in [-0.39, 0.29) is 22.2 Å². The highest BCUT2D eigenvalue weighted by molar-refractivity contribution is 5.02. The van der Waals surface area contributed by atoms with Gasteiger partial charge in [0.1, 0.15) is 0 Å². The Kier molecular flexibility index (Phi) is 7.07. The Morgan fingerprint density at radius 1 is 0.714 bits per heavy atom. The van der Waals surface area contributed by atoms with Crippen molar-refractivity contribution < 1.29 is 0 Å². The first kappa shape index (κ1) is 24.2. The van der Waals surface area contributed by atoms with E-state index in [0.29, 0.717) is 0 Å². The second kappa shape index (κ2) is 8.19. The molecule has 0 spiro atoms. The average molecular weight is 394 g/mol. The van der Waals surface area contributed by atoms with E-state index in [9.17, 15) is 0 Å². The number of rotatable bonds is 5. The molecule has 2 atom stereocenters. The van der Waals surface area contributed by atoms with Crippen LogP contribution < -0.4 is 0 Å². The Labute approximate surface area is 177 Å². The lowest BCUT2D eigenvalue weighted by Gasteiger charge is -2.58. The fourth-order valence-corrected chi connectivity index (χ4v) is 5.78. The quantitative estimate of drug-likeness (QED) is 0.586. The highest BCUT2D eigenvalue weighted by Gasteiger charge is 2.46. The maximum atomic E-state index is 2.91. The van der Waals surface area contributed by atoms with E-state index < -0.39 is 0 Å². The molecule has 0 aromatic carbocycles. The molecule has 0 N–H and O–H groups in total. The minimum absolute atomic E-state index is 0.209. The Morgan fingerprint density at radius 3 is 1.64 bits per heavy atom. The first-order valence-corrected chi connectivity index (χ1v) is 11.8. The molecule has 166 valence electrons. The van der Waals surface area contributed by atoms with Crippen LogP contribution in [0.15, 0.2) is 0 Å². The molecule has 1 heterocycles. The topological polar surface area (TPSA) is 9.72 Å². The molecule has 0 aromatic heterocycles. The van der Waals surface area contributed by atoms with Gasteiger partial charge in [-0.3, -0.25) is 14.7 Å². The molecule has 0 radical (unpaired) electrons. The molecule has 0 aromatic rings. The van der Waals surface area contributed by atoms with Crippen LogP contribution >= 0.6 is 0 Å². The van der Waals surface area contributed by atoms with Gasteiger partial charge in [0.05, 0.1) is 0 Å². The Bertz CT molecular complexity index is 509. The molecular formula is C25H51N3. The molecule has 28 heavy (non-hydrogen) atoms. The van der Waals surface area contributed by atoms with Crippen LogP contribution in [0.1, 0.15) is 108 Å². The molecule has 0 amide bonds. The maximum Gasteiger partial charge on any atom is 0.0257 e. The predicted octanol–water partition coefficient (Wildman–Crippen LogP) is 5.78. The third-order valence-electron chi connectivity index (χ3n) is 7.98. The lowest BCUT2D eigenvalue weighted by molar-refractivity contribution is -0.0889. The largest absolute Gasteiger partial charge is 0.296 e. The summed E-state index contributed by atoms with van der Waals surface area (Å²) in [5.74, 6) is 0. The molecule has 1 aliphatic heterocycles. The van der Waals surface area contributed by atoms with Crippen LogP contribution in [0, 0.1) is 0 Å². The van der Waals surface area contributed by atoms with E-state index in [1.54, 1.807) is 0 Å². The van der Waals surface area contributed by atoms with E-state index >= 15 is 0 Å². The van der Waals surface area contributed by atoms with Gasteiger partial charge in [0, 0.05) is 47.3 Å². The summed E-state index contributed by atoms with van der Waals surface area (Å²) in [6.07, 6.45) is 8.08. The molecule has 2 aliphatic rings. The second-order valence-electron chi connectivity index (χ2n) is 12.8. The zero-order chi connectivity index (χ0) is 21.5. The molecule has 1 aliphatic carbocycles. The minimum atomic E-state index is 0.209. The van der Waals surface area contributed by atoms with Crippen LogP contribution in [0.25, 0.3) is 0 Å². The van der Waals surface area contributed by atoms with Crippen LogP contribution in [-0.2, 0) is 0 Å². The van der Waals surface area contributed by atoms with E-state index in [2.05, 4.69) is 91.0 Å². The van der Waals surface area contributed by atoms with Crippen molar-refractivity contribution in [3.05, 3.63) is 0 Å². The second-order valence-corrected chi connectivity index (χ2v) is 12.8. The fraction of sp³-hybridized carbons (Fsp3) is 1.00. The Balaban J connectivity index is 2.12. The van der Waals surface area contributed by atoms with Crippen LogP contribution in [0.3, 0.4) is 0 Å². The van der Waals surface area contributed by atoms with E-state index in [1.165, 1.54) is 51.6 Å². The van der Waals surface area contributed by atoms with Crippen molar-refractivity contribution in [1.29, 1.82) is 0 Å². The summed E-state index contributed by atoms with van der Waals surface area (Å²) in [6, 6.07) is 1.48. The third kappa shape index (κ3) is 5.32. The van der Waals surface area contributed by atoms with Crippen LogP contribution in [0.5, 0.6) is 0 Å². The smallest absolute Gasteiger partial charge is 0.0257 e. The Hall–Kier alpha value is -0.120. The van der Waals surface area contributed by atoms with Gasteiger partial charge in [-0.1, -0.05) is 12.8 Å². The first-order valence-electron chi connectivity index (χ1n) is 11.8. The van der Waals surface area contributed by atoms with Crippen molar-refractivity contribution >= 4 is 0 Å². The van der Waals surface area contributed by atoms with Crippen molar-refractivity contribution in [3.63, 3.8) is 0 Å². The summed E-state index contributed by atoms with van der Waals surface area (Å²) >= 11 is 0. The molecule has 0 bridgehead atoms. The molecule has 3 heteroatoms. The summed E-state index contributed by atoms with van der Waals surface area (Å²) in [4.78, 5) is 8.30. The van der Waals surface area contributed by atoms with Gasteiger partial charge in [-0.2, -0.15) is 0 Å². The SMILES string of the molecule is CN(C(C)(C)C)C(C)(C)CCC(C)(C)N1CCN(C(C)(C)C)C2CCCCC21. The van der Waals surface area contributed by atoms with Crippen molar-refractivity contribution in [3.8, 4) is 0 Å². The van der Waals surface area contributed by atoms with Crippen LogP contribution in [0.4, 0.5) is 0 Å². The summed E-state index contributed by atoms with van der Waals surface area (Å²) in [5, 5.41) is 0. The molecule has 2 fully saturated rings. The summed E-state index contributed by atoms with van der Waals surface area (Å²) < 4.78 is 0. The van der Waals surface area contributed by atoms with E-state index in [1.807, 2.05) is 0 Å². The van der Waals surface area contributed by atoms with Gasteiger partial charge in [0.15, 0.2) is 0 Å². The first-order chi connectivity index (χ1) is 12.6. The average Bonchev–Trinajstić information content (AvgIpc) is 2.56. The molecule has 1 saturated heterocycles. The van der Waals surface area contributed by atoms with Crippen molar-refractivity contribution in [1.82, 2.24) is 14.7 Å². The number of hydrogen-bond acceptors (Lipinski definition) is 3. The predicted molar refractivity (Wildman–Crippen MR) is 124 cm³/mol. The van der Waals surface area contributed by atoms with Crippen LogP contribution in [0.2, 0.25) is 0 Å². The van der Waals surface area contributed by atoms with Crippen LogP contribution in [-0.4, -0.2) is 69.1 Å². The minimum Gasteiger partial charge on any atom is -0.296 e. The zero-order valence-corrected chi connectivity index (χ0v) is 21.2. The molecule has 2 unspecified atom stereocenters. The van der Waals surface area contributed by atoms with Gasteiger partial charge in [0.25, 0.3) is 0 Å². The lowest BCUT2D eigenvalue weighted by Crippen LogP contribution is -2.68. The fourth-order valence-electron chi connectivity index (χ4n) is 5.78. The lowest BCUT2D eigenvalue weighted by atomic mass is 9.79. The molecule has 3 nitrogen and oxygen atoms in total. The summed E-state index contributed by atoms with van der Waals surface area (Å²) in [6.45, 7) is 26.5. The van der Waals surface area contributed by atoms with Gasteiger partial charge in [-0.15, -0.1) is 0 Å². The van der Waals surface area contributed by atoms with Crippen molar-refractivity contribution in [2.24, 2.45) is 0 Å². The standard InChI is InChI=1S/C25H51N3/c1-22(2,3)26(11)24(7,8)16-17-25(9,10)28-19-18-27(23(4,5)6)20-14-12-13-15-21(20)28/h20-21H,12-19H2,1-11H3. The van der Waals surface area contributed by atoms with Crippen molar-refractivity contribution in [2.75, 3.05) is 20.1 Å². The van der Waals surface area contributed by atoms with E-state index in [4.69, 9.17) is 0 Å². The van der Waals surface area contributed by atoms with Gasteiger partial charge in [0.2, 0.25) is 0 Å². The molecule has 1 saturated carbocycles. The Morgan fingerprint density at radius 2 is 1.18 bits per heavy atom. The highest BCUT2D eigenvalue weighted by Crippen LogP contribution is 2.39. The van der Waals surface area contributed by atoms with Gasteiger partial charge in [-0.05, 0) is 102 Å². The monoisotopic (exact) mass is 393 g/mol. The van der Waals surface area contributed by atoms with Gasteiger partial charge < -0.3 is 0 Å². The maximum absolute atomic E-state index is 2.91. The summed E-state index contributed by atoms with van der Waals surface area (Å²) in [5.41, 5.74) is 0.975.